The van der Waals surface area contributed by atoms with Crippen molar-refractivity contribution in [3.63, 3.8) is 0 Å². The summed E-state index contributed by atoms with van der Waals surface area (Å²) in [6.07, 6.45) is 4.04. The molecule has 1 atom stereocenters. The number of nitrogens with zero attached hydrogens (tertiary/aromatic N) is 1. The number of carbonyl (C=O) groups is 1. The van der Waals surface area contributed by atoms with Crippen molar-refractivity contribution < 1.29 is 9.21 Å². The van der Waals surface area contributed by atoms with E-state index in [2.05, 4.69) is 22.1 Å². The van der Waals surface area contributed by atoms with E-state index in [1.165, 1.54) is 25.9 Å². The Labute approximate surface area is 135 Å². The van der Waals surface area contributed by atoms with Crippen LogP contribution in [-0.2, 0) is 0 Å². The van der Waals surface area contributed by atoms with Crippen LogP contribution in [-0.4, -0.2) is 36.5 Å². The molecular weight excluding hydrogens is 288 g/mol. The Bertz CT molecular complexity index is 804. The summed E-state index contributed by atoms with van der Waals surface area (Å²) in [5.74, 6) is 6.51. The maximum Gasteiger partial charge on any atom is 0.251 e. The molecule has 4 heteroatoms. The lowest BCUT2D eigenvalue weighted by molar-refractivity contribution is 0.0620. The standard InChI is InChI=1S/C19H20N2O2/c1-2-3-15-12-23-18-10-14(4-5-16(15)18)19(22)20-17-11-21-8-6-13(17)7-9-21/h4-5,10,12-13,17H,6-9,11H2,1H3,(H,20,22). The van der Waals surface area contributed by atoms with Gasteiger partial charge in [0.15, 0.2) is 0 Å². The highest BCUT2D eigenvalue weighted by Crippen LogP contribution is 2.28. The first kappa shape index (κ1) is 14.3. The molecule has 0 spiro atoms. The normalized spacial score (nSPS) is 25.9. The van der Waals surface area contributed by atoms with Crippen LogP contribution in [0.2, 0.25) is 0 Å². The number of furan rings is 1. The van der Waals surface area contributed by atoms with Gasteiger partial charge in [-0.15, -0.1) is 5.92 Å². The fraction of sp³-hybridized carbons (Fsp3) is 0.421. The van der Waals surface area contributed by atoms with Crippen molar-refractivity contribution in [3.05, 3.63) is 35.6 Å². The molecule has 1 unspecified atom stereocenters. The van der Waals surface area contributed by atoms with Crippen LogP contribution in [0.15, 0.2) is 28.9 Å². The van der Waals surface area contributed by atoms with E-state index in [4.69, 9.17) is 4.42 Å². The monoisotopic (exact) mass is 308 g/mol. The molecule has 0 saturated carbocycles. The number of rotatable bonds is 2. The highest BCUT2D eigenvalue weighted by Gasteiger charge is 2.34. The Morgan fingerprint density at radius 2 is 2.17 bits per heavy atom. The van der Waals surface area contributed by atoms with Gasteiger partial charge in [0.1, 0.15) is 11.8 Å². The third-order valence-electron chi connectivity index (χ3n) is 5.07. The van der Waals surface area contributed by atoms with Crippen molar-refractivity contribution in [3.8, 4) is 11.8 Å². The zero-order valence-electron chi connectivity index (χ0n) is 13.3. The molecule has 3 aliphatic heterocycles. The zero-order valence-corrected chi connectivity index (χ0v) is 13.3. The first-order valence-electron chi connectivity index (χ1n) is 8.22. The van der Waals surface area contributed by atoms with E-state index in [1.54, 1.807) is 13.2 Å². The van der Waals surface area contributed by atoms with E-state index in [0.29, 0.717) is 17.1 Å². The molecule has 3 aliphatic rings. The smallest absolute Gasteiger partial charge is 0.251 e. The van der Waals surface area contributed by atoms with Crippen LogP contribution in [0.3, 0.4) is 0 Å². The number of benzene rings is 1. The largest absolute Gasteiger partial charge is 0.463 e. The lowest BCUT2D eigenvalue weighted by atomic mass is 9.84. The van der Waals surface area contributed by atoms with Gasteiger partial charge in [-0.1, -0.05) is 5.92 Å². The zero-order chi connectivity index (χ0) is 15.8. The number of carbonyl (C=O) groups excluding carboxylic acids is 1. The van der Waals surface area contributed by atoms with Crippen molar-refractivity contribution in [2.75, 3.05) is 19.6 Å². The predicted octanol–water partition coefficient (Wildman–Crippen LogP) is 2.63. The van der Waals surface area contributed by atoms with E-state index < -0.39 is 0 Å². The van der Waals surface area contributed by atoms with Crippen molar-refractivity contribution >= 4 is 16.9 Å². The van der Waals surface area contributed by atoms with Crippen molar-refractivity contribution in [2.45, 2.75) is 25.8 Å². The van der Waals surface area contributed by atoms with Crippen LogP contribution in [0.4, 0.5) is 0 Å². The van der Waals surface area contributed by atoms with Gasteiger partial charge in [0.05, 0.1) is 5.56 Å². The Balaban J connectivity index is 1.54. The summed E-state index contributed by atoms with van der Waals surface area (Å²) >= 11 is 0. The van der Waals surface area contributed by atoms with E-state index >= 15 is 0 Å². The Morgan fingerprint density at radius 3 is 2.87 bits per heavy atom. The van der Waals surface area contributed by atoms with E-state index in [0.717, 1.165) is 17.5 Å². The quantitative estimate of drug-likeness (QED) is 0.868. The second-order valence-corrected chi connectivity index (χ2v) is 6.45. The minimum atomic E-state index is -0.00910. The molecule has 0 aliphatic carbocycles. The van der Waals surface area contributed by atoms with Crippen LogP contribution >= 0.6 is 0 Å². The van der Waals surface area contributed by atoms with E-state index in [1.807, 2.05) is 18.2 Å². The predicted molar refractivity (Wildman–Crippen MR) is 89.2 cm³/mol. The number of amides is 1. The van der Waals surface area contributed by atoms with E-state index in [9.17, 15) is 4.79 Å². The summed E-state index contributed by atoms with van der Waals surface area (Å²) in [6, 6.07) is 5.87. The van der Waals surface area contributed by atoms with Gasteiger partial charge in [0.25, 0.3) is 5.91 Å². The van der Waals surface area contributed by atoms with Gasteiger partial charge in [-0.2, -0.15) is 0 Å². The number of piperidine rings is 3. The van der Waals surface area contributed by atoms with Gasteiger partial charge < -0.3 is 14.6 Å². The highest BCUT2D eigenvalue weighted by molar-refractivity contribution is 5.98. The fourth-order valence-electron chi connectivity index (χ4n) is 3.78. The minimum absolute atomic E-state index is 0.00910. The Hall–Kier alpha value is -2.25. The minimum Gasteiger partial charge on any atom is -0.463 e. The van der Waals surface area contributed by atoms with Crippen LogP contribution in [0.5, 0.6) is 0 Å². The van der Waals surface area contributed by atoms with Crippen LogP contribution in [0.25, 0.3) is 11.0 Å². The molecular formula is C19H20N2O2. The average Bonchev–Trinajstić information content (AvgIpc) is 2.99. The fourth-order valence-corrected chi connectivity index (χ4v) is 3.78. The topological polar surface area (TPSA) is 45.5 Å². The van der Waals surface area contributed by atoms with Crippen molar-refractivity contribution in [1.29, 1.82) is 0 Å². The van der Waals surface area contributed by atoms with E-state index in [-0.39, 0.29) is 11.9 Å². The van der Waals surface area contributed by atoms with Crippen LogP contribution in [0.1, 0.15) is 35.7 Å². The first-order valence-corrected chi connectivity index (χ1v) is 8.22. The molecule has 3 fully saturated rings. The molecule has 1 aromatic heterocycles. The number of nitrogens with one attached hydrogen (secondary N) is 1. The number of hydrogen-bond donors (Lipinski definition) is 1. The molecule has 4 nitrogen and oxygen atoms in total. The van der Waals surface area contributed by atoms with Gasteiger partial charge in [-0.05, 0) is 57.0 Å². The summed E-state index contributed by atoms with van der Waals surface area (Å²) in [4.78, 5) is 15.0. The van der Waals surface area contributed by atoms with Crippen molar-refractivity contribution in [2.24, 2.45) is 5.92 Å². The average molecular weight is 308 g/mol. The molecule has 5 rings (SSSR count). The molecule has 4 heterocycles. The second kappa shape index (κ2) is 5.75. The highest BCUT2D eigenvalue weighted by atomic mass is 16.3. The third-order valence-corrected chi connectivity index (χ3v) is 5.07. The van der Waals surface area contributed by atoms with Gasteiger partial charge in [0, 0.05) is 23.5 Å². The maximum atomic E-state index is 12.6. The Morgan fingerprint density at radius 1 is 1.35 bits per heavy atom. The number of fused-ring (bicyclic) bond motifs is 4. The molecule has 2 bridgehead atoms. The summed E-state index contributed by atoms with van der Waals surface area (Å²) in [6.45, 7) is 5.14. The summed E-state index contributed by atoms with van der Waals surface area (Å²) < 4.78 is 5.54. The molecule has 3 saturated heterocycles. The van der Waals surface area contributed by atoms with Gasteiger partial charge in [-0.3, -0.25) is 4.79 Å². The van der Waals surface area contributed by atoms with Gasteiger partial charge in [-0.25, -0.2) is 0 Å². The molecule has 1 N–H and O–H groups in total. The lowest BCUT2D eigenvalue weighted by Gasteiger charge is -2.44. The maximum absolute atomic E-state index is 12.6. The van der Waals surface area contributed by atoms with Crippen LogP contribution in [0, 0.1) is 17.8 Å². The Kier molecular flexibility index (Phi) is 3.59. The first-order chi connectivity index (χ1) is 11.2. The van der Waals surface area contributed by atoms with Gasteiger partial charge >= 0.3 is 0 Å². The van der Waals surface area contributed by atoms with Crippen molar-refractivity contribution in [1.82, 2.24) is 10.2 Å². The summed E-state index contributed by atoms with van der Waals surface area (Å²) in [7, 11) is 0. The molecule has 23 heavy (non-hydrogen) atoms. The molecule has 1 aromatic carbocycles. The molecule has 0 radical (unpaired) electrons. The molecule has 2 aromatic rings. The van der Waals surface area contributed by atoms with Crippen LogP contribution < -0.4 is 5.32 Å². The summed E-state index contributed by atoms with van der Waals surface area (Å²) in [5, 5.41) is 4.17. The molecule has 118 valence electrons. The second-order valence-electron chi connectivity index (χ2n) is 6.45. The lowest BCUT2D eigenvalue weighted by Crippen LogP contribution is -2.57. The van der Waals surface area contributed by atoms with Gasteiger partial charge in [0.2, 0.25) is 0 Å². The summed E-state index contributed by atoms with van der Waals surface area (Å²) in [5.41, 5.74) is 2.23. The third kappa shape index (κ3) is 2.62. The molecule has 1 amide bonds. The number of hydrogen-bond acceptors (Lipinski definition) is 3. The SMILES string of the molecule is CC#Cc1coc2cc(C(=O)NC3CN4CCC3CC4)ccc12.